The van der Waals surface area contributed by atoms with Gasteiger partial charge in [0.15, 0.2) is 0 Å². The molecule has 0 aromatic rings. The molecule has 0 spiro atoms. The summed E-state index contributed by atoms with van der Waals surface area (Å²) in [5.41, 5.74) is 0. The molecule has 0 bridgehead atoms. The van der Waals surface area contributed by atoms with Crippen LogP contribution < -0.4 is 0 Å². The largest absolute Gasteiger partial charge is 0.304 e. The molecule has 0 saturated carbocycles. The quantitative estimate of drug-likeness (QED) is 0.450. The molecule has 0 N–H and O–H groups in total. The summed E-state index contributed by atoms with van der Waals surface area (Å²) in [5.74, 6) is 6.55. The predicted molar refractivity (Wildman–Crippen MR) is 77.2 cm³/mol. The van der Waals surface area contributed by atoms with Crippen molar-refractivity contribution in [1.82, 2.24) is 9.80 Å². The van der Waals surface area contributed by atoms with Crippen molar-refractivity contribution >= 4 is 0 Å². The highest BCUT2D eigenvalue weighted by Gasteiger charge is 1.97. The Balaban J connectivity index is 3.47. The van der Waals surface area contributed by atoms with Gasteiger partial charge in [0.2, 0.25) is 0 Å². The fourth-order valence-electron chi connectivity index (χ4n) is 1.79. The van der Waals surface area contributed by atoms with E-state index < -0.39 is 0 Å². The van der Waals surface area contributed by atoms with Crippen LogP contribution >= 0.6 is 0 Å². The third-order valence-electron chi connectivity index (χ3n) is 3.24. The number of rotatable bonds is 9. The summed E-state index contributed by atoms with van der Waals surface area (Å²) in [6, 6.07) is 0. The minimum atomic E-state index is 0.934. The van der Waals surface area contributed by atoms with Crippen molar-refractivity contribution in [2.75, 3.05) is 39.3 Å². The second-order valence-electron chi connectivity index (χ2n) is 4.30. The van der Waals surface area contributed by atoms with Gasteiger partial charge < -0.3 is 4.90 Å². The monoisotopic (exact) mass is 238 g/mol. The summed E-state index contributed by atoms with van der Waals surface area (Å²) in [6.45, 7) is 15.5. The van der Waals surface area contributed by atoms with Crippen molar-refractivity contribution in [3.05, 3.63) is 0 Å². The lowest BCUT2D eigenvalue weighted by atomic mass is 10.2. The highest BCUT2D eigenvalue weighted by atomic mass is 15.1. The van der Waals surface area contributed by atoms with Gasteiger partial charge >= 0.3 is 0 Å². The van der Waals surface area contributed by atoms with Crippen molar-refractivity contribution < 1.29 is 0 Å². The summed E-state index contributed by atoms with van der Waals surface area (Å²) < 4.78 is 0. The molecule has 0 heterocycles. The van der Waals surface area contributed by atoms with Gasteiger partial charge in [-0.2, -0.15) is 0 Å². The Kier molecular flexibility index (Phi) is 11.6. The van der Waals surface area contributed by atoms with Gasteiger partial charge in [-0.25, -0.2) is 0 Å². The van der Waals surface area contributed by atoms with Crippen LogP contribution in [0.1, 0.15) is 47.0 Å². The molecule has 0 fully saturated rings. The molecule has 0 aromatic carbocycles. The maximum absolute atomic E-state index is 3.28. The molecule has 2 heteroatoms. The van der Waals surface area contributed by atoms with Crippen LogP contribution in [0.3, 0.4) is 0 Å². The van der Waals surface area contributed by atoms with E-state index in [9.17, 15) is 0 Å². The smallest absolute Gasteiger partial charge is 0.0601 e. The molecule has 2 nitrogen and oxygen atoms in total. The highest BCUT2D eigenvalue weighted by Crippen LogP contribution is 1.97. The molecule has 0 aliphatic rings. The van der Waals surface area contributed by atoms with Gasteiger partial charge in [0, 0.05) is 6.42 Å². The fraction of sp³-hybridized carbons (Fsp3) is 0.867. The molecule has 100 valence electrons. The molecule has 0 unspecified atom stereocenters. The Hall–Kier alpha value is -0.520. The highest BCUT2D eigenvalue weighted by molar-refractivity contribution is 5.00. The molecular formula is C15H30N2. The van der Waals surface area contributed by atoms with E-state index in [1.165, 1.54) is 32.5 Å². The first-order valence-corrected chi connectivity index (χ1v) is 7.18. The maximum atomic E-state index is 3.28. The lowest BCUT2D eigenvalue weighted by molar-refractivity contribution is 0.297. The van der Waals surface area contributed by atoms with E-state index >= 15 is 0 Å². The lowest BCUT2D eigenvalue weighted by Crippen LogP contribution is -2.23. The molecular weight excluding hydrogens is 208 g/mol. The lowest BCUT2D eigenvalue weighted by Gasteiger charge is -2.16. The van der Waals surface area contributed by atoms with Crippen LogP contribution in [-0.2, 0) is 0 Å². The van der Waals surface area contributed by atoms with E-state index in [0.29, 0.717) is 0 Å². The Labute approximate surface area is 108 Å². The van der Waals surface area contributed by atoms with Gasteiger partial charge in [-0.3, -0.25) is 4.90 Å². The van der Waals surface area contributed by atoms with Crippen molar-refractivity contribution in [2.45, 2.75) is 47.0 Å². The zero-order valence-corrected chi connectivity index (χ0v) is 12.3. The minimum Gasteiger partial charge on any atom is -0.304 e. The number of hydrogen-bond donors (Lipinski definition) is 0. The second kappa shape index (κ2) is 12.0. The number of nitrogens with zero attached hydrogens (tertiary/aromatic N) is 2. The van der Waals surface area contributed by atoms with Crippen LogP contribution in [0.5, 0.6) is 0 Å². The zero-order valence-electron chi connectivity index (χ0n) is 12.3. The first kappa shape index (κ1) is 16.5. The van der Waals surface area contributed by atoms with E-state index in [-0.39, 0.29) is 0 Å². The van der Waals surface area contributed by atoms with E-state index in [1.807, 2.05) is 0 Å². The van der Waals surface area contributed by atoms with Crippen molar-refractivity contribution in [3.63, 3.8) is 0 Å². The van der Waals surface area contributed by atoms with E-state index in [0.717, 1.165) is 26.1 Å². The number of hydrogen-bond acceptors (Lipinski definition) is 2. The fourth-order valence-corrected chi connectivity index (χ4v) is 1.79. The molecule has 0 amide bonds. The van der Waals surface area contributed by atoms with Gasteiger partial charge in [0.05, 0.1) is 6.54 Å². The van der Waals surface area contributed by atoms with Crippen LogP contribution in [0.4, 0.5) is 0 Å². The summed E-state index contributed by atoms with van der Waals surface area (Å²) in [7, 11) is 0. The van der Waals surface area contributed by atoms with E-state index in [2.05, 4.69) is 49.3 Å². The summed E-state index contributed by atoms with van der Waals surface area (Å²) >= 11 is 0. The molecule has 0 rings (SSSR count). The van der Waals surface area contributed by atoms with Crippen molar-refractivity contribution in [1.29, 1.82) is 0 Å². The molecule has 0 atom stereocenters. The van der Waals surface area contributed by atoms with E-state index in [1.54, 1.807) is 0 Å². The minimum absolute atomic E-state index is 0.934. The van der Waals surface area contributed by atoms with Gasteiger partial charge in [0.1, 0.15) is 0 Å². The van der Waals surface area contributed by atoms with Gasteiger partial charge in [-0.1, -0.05) is 33.6 Å². The third-order valence-corrected chi connectivity index (χ3v) is 3.24. The Morgan fingerprint density at radius 1 is 0.706 bits per heavy atom. The summed E-state index contributed by atoms with van der Waals surface area (Å²) in [5, 5.41) is 0. The average molecular weight is 238 g/mol. The second-order valence-corrected chi connectivity index (χ2v) is 4.30. The average Bonchev–Trinajstić information content (AvgIpc) is 2.37. The summed E-state index contributed by atoms with van der Waals surface area (Å²) in [4.78, 5) is 4.83. The Bertz CT molecular complexity index is 207. The zero-order chi connectivity index (χ0) is 12.9. The van der Waals surface area contributed by atoms with Crippen LogP contribution in [0.15, 0.2) is 0 Å². The molecule has 0 aliphatic heterocycles. The van der Waals surface area contributed by atoms with Crippen LogP contribution in [0, 0.1) is 11.8 Å². The van der Waals surface area contributed by atoms with Crippen LogP contribution in [0.25, 0.3) is 0 Å². The van der Waals surface area contributed by atoms with Crippen LogP contribution in [-0.4, -0.2) is 49.1 Å². The van der Waals surface area contributed by atoms with Gasteiger partial charge in [-0.05, 0) is 45.6 Å². The normalized spacial score (nSPS) is 10.7. The van der Waals surface area contributed by atoms with E-state index in [4.69, 9.17) is 0 Å². The number of unbranched alkanes of at least 4 members (excludes halogenated alkanes) is 2. The molecule has 17 heavy (non-hydrogen) atoms. The van der Waals surface area contributed by atoms with Gasteiger partial charge in [0.25, 0.3) is 0 Å². The first-order chi connectivity index (χ1) is 8.28. The molecule has 0 aliphatic carbocycles. The molecule has 0 saturated heterocycles. The molecule has 0 radical (unpaired) electrons. The Morgan fingerprint density at radius 3 is 1.82 bits per heavy atom. The summed E-state index contributed by atoms with van der Waals surface area (Å²) in [6.07, 6.45) is 3.58. The topological polar surface area (TPSA) is 6.48 Å². The van der Waals surface area contributed by atoms with Crippen molar-refractivity contribution in [2.24, 2.45) is 0 Å². The van der Waals surface area contributed by atoms with Crippen molar-refractivity contribution in [3.8, 4) is 11.8 Å². The standard InChI is InChI=1S/C15H30N2/c1-5-16(6-2)14-12-10-9-11-13-15-17(7-3)8-4/h5-10,12,14-15H2,1-4H3. The predicted octanol–water partition coefficient (Wildman–Crippen LogP) is 2.84. The third kappa shape index (κ3) is 9.21. The van der Waals surface area contributed by atoms with Crippen LogP contribution in [0.2, 0.25) is 0 Å². The first-order valence-electron chi connectivity index (χ1n) is 7.18. The maximum Gasteiger partial charge on any atom is 0.0601 e. The molecule has 0 aromatic heterocycles. The Morgan fingerprint density at radius 2 is 1.29 bits per heavy atom. The van der Waals surface area contributed by atoms with Gasteiger partial charge in [-0.15, -0.1) is 5.92 Å². The SMILES string of the molecule is CCN(CC)CC#CCCCCN(CC)CC.